The monoisotopic (exact) mass is 329 g/mol. The van der Waals surface area contributed by atoms with Crippen LogP contribution in [-0.4, -0.2) is 5.91 Å². The van der Waals surface area contributed by atoms with Crippen molar-refractivity contribution in [2.75, 3.05) is 0 Å². The van der Waals surface area contributed by atoms with Gasteiger partial charge in [0.05, 0.1) is 0 Å². The molecule has 0 aromatic heterocycles. The summed E-state index contributed by atoms with van der Waals surface area (Å²) in [6.45, 7) is 6.93. The predicted molar refractivity (Wildman–Crippen MR) is 94.8 cm³/mol. The molecule has 0 saturated carbocycles. The molecule has 4 heteroatoms. The van der Waals surface area contributed by atoms with Crippen LogP contribution in [0.1, 0.15) is 34.0 Å². The zero-order valence-electron chi connectivity index (χ0n) is 13.7. The topological polar surface area (TPSA) is 29.1 Å². The van der Waals surface area contributed by atoms with Gasteiger partial charge in [-0.2, -0.15) is 0 Å². The minimum atomic E-state index is -0.631. The highest BCUT2D eigenvalue weighted by Gasteiger charge is 2.12. The lowest BCUT2D eigenvalue weighted by Gasteiger charge is -2.10. The van der Waals surface area contributed by atoms with E-state index in [0.717, 1.165) is 11.1 Å². The fourth-order valence-electron chi connectivity index (χ4n) is 2.26. The van der Waals surface area contributed by atoms with Crippen LogP contribution in [0.4, 0.5) is 8.78 Å². The second-order valence-corrected chi connectivity index (χ2v) is 5.49. The molecule has 1 N–H and O–H groups in total. The second kappa shape index (κ2) is 7.68. The summed E-state index contributed by atoms with van der Waals surface area (Å²) < 4.78 is 27.2. The normalized spacial score (nSPS) is 10.8. The molecular weight excluding hydrogens is 308 g/mol. The second-order valence-electron chi connectivity index (χ2n) is 5.49. The quantitative estimate of drug-likeness (QED) is 0.772. The fourth-order valence-corrected chi connectivity index (χ4v) is 2.26. The Morgan fingerprint density at radius 1 is 1.25 bits per heavy atom. The SMILES string of the molecule is C=C/C=C\c1cc(C(=O)NCc2ccc(F)c(C)c2F)ccc1C.[HH]. The van der Waals surface area contributed by atoms with E-state index in [0.29, 0.717) is 5.56 Å². The summed E-state index contributed by atoms with van der Waals surface area (Å²) in [4.78, 5) is 12.3. The van der Waals surface area contributed by atoms with Gasteiger partial charge in [-0.1, -0.05) is 36.9 Å². The van der Waals surface area contributed by atoms with Gasteiger partial charge in [0.1, 0.15) is 11.6 Å². The Bertz CT molecular complexity index is 816. The van der Waals surface area contributed by atoms with Crippen LogP contribution in [-0.2, 0) is 6.54 Å². The molecule has 0 aliphatic heterocycles. The first kappa shape index (κ1) is 17.6. The Labute approximate surface area is 142 Å². The van der Waals surface area contributed by atoms with Crippen molar-refractivity contribution >= 4 is 12.0 Å². The summed E-state index contributed by atoms with van der Waals surface area (Å²) in [5.41, 5.74) is 2.62. The van der Waals surface area contributed by atoms with E-state index in [4.69, 9.17) is 0 Å². The molecular formula is C20H21F2NO. The molecule has 0 aliphatic carbocycles. The summed E-state index contributed by atoms with van der Waals surface area (Å²) in [6.07, 6.45) is 5.31. The van der Waals surface area contributed by atoms with Crippen molar-refractivity contribution in [3.63, 3.8) is 0 Å². The highest BCUT2D eigenvalue weighted by atomic mass is 19.1. The molecule has 0 bridgehead atoms. The van der Waals surface area contributed by atoms with Crippen molar-refractivity contribution in [2.45, 2.75) is 20.4 Å². The van der Waals surface area contributed by atoms with Gasteiger partial charge in [0.25, 0.3) is 5.91 Å². The number of rotatable bonds is 5. The molecule has 126 valence electrons. The van der Waals surface area contributed by atoms with Gasteiger partial charge < -0.3 is 5.32 Å². The third kappa shape index (κ3) is 3.96. The number of amides is 1. The van der Waals surface area contributed by atoms with E-state index in [9.17, 15) is 13.6 Å². The van der Waals surface area contributed by atoms with E-state index >= 15 is 0 Å². The average Bonchev–Trinajstić information content (AvgIpc) is 2.58. The molecule has 0 radical (unpaired) electrons. The average molecular weight is 329 g/mol. The third-order valence-electron chi connectivity index (χ3n) is 3.79. The highest BCUT2D eigenvalue weighted by Crippen LogP contribution is 2.16. The summed E-state index contributed by atoms with van der Waals surface area (Å²) in [5, 5.41) is 2.66. The number of allylic oxidation sites excluding steroid dienone is 2. The van der Waals surface area contributed by atoms with E-state index in [-0.39, 0.29) is 25.0 Å². The third-order valence-corrected chi connectivity index (χ3v) is 3.79. The molecule has 0 spiro atoms. The van der Waals surface area contributed by atoms with Gasteiger partial charge in [0, 0.05) is 24.7 Å². The number of benzene rings is 2. The molecule has 1 amide bonds. The molecule has 2 rings (SSSR count). The van der Waals surface area contributed by atoms with Crippen molar-refractivity contribution in [1.82, 2.24) is 5.32 Å². The van der Waals surface area contributed by atoms with Crippen LogP contribution in [0.2, 0.25) is 0 Å². The van der Waals surface area contributed by atoms with Gasteiger partial charge in [-0.15, -0.1) is 0 Å². The van der Waals surface area contributed by atoms with E-state index in [2.05, 4.69) is 11.9 Å². The van der Waals surface area contributed by atoms with E-state index < -0.39 is 11.6 Å². The van der Waals surface area contributed by atoms with Gasteiger partial charge in [-0.25, -0.2) is 8.78 Å². The Hall–Kier alpha value is -2.75. The molecule has 2 nitrogen and oxygen atoms in total. The molecule has 2 aromatic rings. The Balaban J connectivity index is 0.00000312. The van der Waals surface area contributed by atoms with E-state index in [1.165, 1.54) is 19.1 Å². The fraction of sp³-hybridized carbons (Fsp3) is 0.150. The number of halogens is 2. The first-order valence-corrected chi connectivity index (χ1v) is 7.55. The zero-order valence-corrected chi connectivity index (χ0v) is 13.7. The molecule has 0 unspecified atom stereocenters. The summed E-state index contributed by atoms with van der Waals surface area (Å²) >= 11 is 0. The number of carbonyl (C=O) groups excluding carboxylic acids is 1. The molecule has 0 saturated heterocycles. The van der Waals surface area contributed by atoms with Crippen molar-refractivity contribution in [1.29, 1.82) is 0 Å². The van der Waals surface area contributed by atoms with Crippen LogP contribution in [0, 0.1) is 25.5 Å². The van der Waals surface area contributed by atoms with Gasteiger partial charge in [0.2, 0.25) is 0 Å². The lowest BCUT2D eigenvalue weighted by Crippen LogP contribution is -2.23. The van der Waals surface area contributed by atoms with Crippen molar-refractivity contribution in [3.8, 4) is 0 Å². The Morgan fingerprint density at radius 2 is 2.00 bits per heavy atom. The molecule has 0 heterocycles. The van der Waals surface area contributed by atoms with Crippen molar-refractivity contribution in [2.24, 2.45) is 0 Å². The van der Waals surface area contributed by atoms with Gasteiger partial charge in [-0.3, -0.25) is 4.79 Å². The maximum atomic E-state index is 14.0. The van der Waals surface area contributed by atoms with Crippen molar-refractivity contribution in [3.05, 3.63) is 88.5 Å². The summed E-state index contributed by atoms with van der Waals surface area (Å²) in [7, 11) is 0. The molecule has 0 fully saturated rings. The number of hydrogen-bond acceptors (Lipinski definition) is 1. The Morgan fingerprint density at radius 3 is 2.71 bits per heavy atom. The van der Waals surface area contributed by atoms with E-state index in [1.54, 1.807) is 24.3 Å². The summed E-state index contributed by atoms with van der Waals surface area (Å²) in [5.74, 6) is -1.54. The Kier molecular flexibility index (Phi) is 5.64. The maximum Gasteiger partial charge on any atom is 0.251 e. The number of carbonyl (C=O) groups is 1. The smallest absolute Gasteiger partial charge is 0.251 e. The van der Waals surface area contributed by atoms with Gasteiger partial charge in [0.15, 0.2) is 0 Å². The lowest BCUT2D eigenvalue weighted by molar-refractivity contribution is 0.0950. The lowest BCUT2D eigenvalue weighted by atomic mass is 10.0. The largest absolute Gasteiger partial charge is 0.348 e. The minimum absolute atomic E-state index is 0. The predicted octanol–water partition coefficient (Wildman–Crippen LogP) is 4.96. The first-order chi connectivity index (χ1) is 11.4. The van der Waals surface area contributed by atoms with Crippen LogP contribution in [0.25, 0.3) is 6.08 Å². The standard InChI is InChI=1S/C20H19F2NO.H2/c1-4-5-6-15-11-16(8-7-13(15)2)20(24)23-12-17-9-10-18(21)14(3)19(17)22;/h4-11H,1,12H2,2-3H3,(H,23,24);1H/b6-5-;. The molecule has 24 heavy (non-hydrogen) atoms. The van der Waals surface area contributed by atoms with E-state index in [1.807, 2.05) is 19.1 Å². The van der Waals surface area contributed by atoms with Gasteiger partial charge >= 0.3 is 0 Å². The summed E-state index contributed by atoms with van der Waals surface area (Å²) in [6, 6.07) is 7.86. The molecule has 0 aliphatic rings. The van der Waals surface area contributed by atoms with Crippen LogP contribution < -0.4 is 5.32 Å². The zero-order chi connectivity index (χ0) is 17.7. The maximum absolute atomic E-state index is 14.0. The van der Waals surface area contributed by atoms with Crippen LogP contribution in [0.3, 0.4) is 0 Å². The van der Waals surface area contributed by atoms with Crippen LogP contribution in [0.5, 0.6) is 0 Å². The molecule has 0 atom stereocenters. The number of hydrogen-bond donors (Lipinski definition) is 1. The van der Waals surface area contributed by atoms with Crippen molar-refractivity contribution < 1.29 is 15.0 Å². The van der Waals surface area contributed by atoms with Gasteiger partial charge in [-0.05, 0) is 43.2 Å². The number of nitrogens with one attached hydrogen (secondary N) is 1. The molecule has 2 aromatic carbocycles. The van der Waals surface area contributed by atoms with Crippen LogP contribution >= 0.6 is 0 Å². The minimum Gasteiger partial charge on any atom is -0.348 e. The highest BCUT2D eigenvalue weighted by molar-refractivity contribution is 5.94. The number of aryl methyl sites for hydroxylation is 1. The first-order valence-electron chi connectivity index (χ1n) is 7.55. The van der Waals surface area contributed by atoms with Crippen LogP contribution in [0.15, 0.2) is 49.1 Å².